The lowest BCUT2D eigenvalue weighted by Gasteiger charge is -2.19. The molecule has 0 saturated carbocycles. The normalized spacial score (nSPS) is 18.2. The van der Waals surface area contributed by atoms with Crippen molar-refractivity contribution in [1.29, 1.82) is 0 Å². The quantitative estimate of drug-likeness (QED) is 0.658. The highest BCUT2D eigenvalue weighted by Gasteiger charge is 2.23. The molecule has 8 heteroatoms. The van der Waals surface area contributed by atoms with Gasteiger partial charge in [-0.2, -0.15) is 0 Å². The maximum atomic E-state index is 11.8. The summed E-state index contributed by atoms with van der Waals surface area (Å²) in [5, 5.41) is 5.67. The molecule has 1 aliphatic carbocycles. The van der Waals surface area contributed by atoms with Crippen molar-refractivity contribution >= 4 is 39.4 Å². The fourth-order valence-electron chi connectivity index (χ4n) is 2.17. The van der Waals surface area contributed by atoms with E-state index in [9.17, 15) is 13.2 Å². The minimum atomic E-state index is -3.97. The summed E-state index contributed by atoms with van der Waals surface area (Å²) >= 11 is 7.49. The van der Waals surface area contributed by atoms with Crippen LogP contribution in [-0.2, 0) is 14.8 Å². The number of allylic oxidation sites excluding steroid dienone is 2. The molecule has 0 amide bonds. The fourth-order valence-corrected chi connectivity index (χ4v) is 4.77. The van der Waals surface area contributed by atoms with Gasteiger partial charge in [0.1, 0.15) is 0 Å². The van der Waals surface area contributed by atoms with E-state index in [1.54, 1.807) is 0 Å². The molecule has 1 aromatic rings. The van der Waals surface area contributed by atoms with Gasteiger partial charge in [0.25, 0.3) is 0 Å². The summed E-state index contributed by atoms with van der Waals surface area (Å²) in [5.74, 6) is -0.702. The minimum absolute atomic E-state index is 0.0129. The van der Waals surface area contributed by atoms with Crippen LogP contribution in [0.25, 0.3) is 0 Å². The van der Waals surface area contributed by atoms with Crippen molar-refractivity contribution in [2.75, 3.05) is 7.11 Å². The topological polar surface area (TPSA) is 86.5 Å². The van der Waals surface area contributed by atoms with Gasteiger partial charge in [-0.1, -0.05) is 23.8 Å². The highest BCUT2D eigenvalue weighted by molar-refractivity contribution is 8.00. The number of methoxy groups -OCH3 is 1. The molecular weight excluding hydrogens is 346 g/mol. The van der Waals surface area contributed by atoms with Crippen LogP contribution >= 0.6 is 23.4 Å². The Hall–Kier alpha value is -1.02. The van der Waals surface area contributed by atoms with Crippen molar-refractivity contribution < 1.29 is 17.9 Å². The van der Waals surface area contributed by atoms with Gasteiger partial charge in [0, 0.05) is 10.1 Å². The molecule has 2 N–H and O–H groups in total. The molecule has 1 aliphatic rings. The van der Waals surface area contributed by atoms with E-state index in [4.69, 9.17) is 16.7 Å². The van der Waals surface area contributed by atoms with Crippen molar-refractivity contribution in [2.24, 2.45) is 5.14 Å². The van der Waals surface area contributed by atoms with Crippen molar-refractivity contribution in [3.05, 3.63) is 34.9 Å². The van der Waals surface area contributed by atoms with Crippen LogP contribution in [0.2, 0.25) is 5.02 Å². The van der Waals surface area contributed by atoms with Crippen LogP contribution in [0.4, 0.5) is 0 Å². The Bertz CT molecular complexity index is 716. The van der Waals surface area contributed by atoms with E-state index in [0.717, 1.165) is 19.3 Å². The number of benzene rings is 1. The van der Waals surface area contributed by atoms with Gasteiger partial charge in [0.15, 0.2) is 0 Å². The molecule has 0 saturated heterocycles. The van der Waals surface area contributed by atoms with E-state index in [1.165, 1.54) is 31.0 Å². The van der Waals surface area contributed by atoms with Crippen LogP contribution in [0, 0.1) is 0 Å². The molecule has 2 rings (SSSR count). The van der Waals surface area contributed by atoms with Gasteiger partial charge in [-0.3, -0.25) is 0 Å². The Morgan fingerprint density at radius 3 is 2.68 bits per heavy atom. The number of esters is 1. The summed E-state index contributed by atoms with van der Waals surface area (Å²) < 4.78 is 28.2. The third-order valence-corrected chi connectivity index (χ3v) is 6.01. The van der Waals surface area contributed by atoms with Crippen LogP contribution in [-0.4, -0.2) is 26.7 Å². The van der Waals surface area contributed by atoms with Crippen molar-refractivity contribution in [1.82, 2.24) is 0 Å². The van der Waals surface area contributed by atoms with Crippen LogP contribution in [0.15, 0.2) is 34.1 Å². The summed E-state index contributed by atoms with van der Waals surface area (Å²) in [5.41, 5.74) is -0.0129. The monoisotopic (exact) mass is 361 g/mol. The van der Waals surface area contributed by atoms with Crippen molar-refractivity contribution in [3.63, 3.8) is 0 Å². The first-order valence-corrected chi connectivity index (χ1v) is 9.39. The molecule has 22 heavy (non-hydrogen) atoms. The van der Waals surface area contributed by atoms with E-state index >= 15 is 0 Å². The van der Waals surface area contributed by atoms with Gasteiger partial charge < -0.3 is 4.74 Å². The maximum Gasteiger partial charge on any atom is 0.339 e. The largest absolute Gasteiger partial charge is 0.465 e. The molecular formula is C14H16ClNO4S2. The van der Waals surface area contributed by atoms with Crippen molar-refractivity contribution in [3.8, 4) is 0 Å². The number of carbonyl (C=O) groups excluding carboxylic acids is 1. The zero-order valence-corrected chi connectivity index (χ0v) is 14.3. The minimum Gasteiger partial charge on any atom is -0.465 e. The first kappa shape index (κ1) is 17.3. The second-order valence-electron chi connectivity index (χ2n) is 4.84. The number of ether oxygens (including phenoxy) is 1. The van der Waals surface area contributed by atoms with Crippen LogP contribution in [0.5, 0.6) is 0 Å². The Kier molecular flexibility index (Phi) is 5.55. The van der Waals surface area contributed by atoms with E-state index in [1.807, 2.05) is 0 Å². The molecule has 120 valence electrons. The summed E-state index contributed by atoms with van der Waals surface area (Å²) in [4.78, 5) is 12.0. The third kappa shape index (κ3) is 4.04. The zero-order valence-electron chi connectivity index (χ0n) is 11.9. The summed E-state index contributed by atoms with van der Waals surface area (Å²) in [6.45, 7) is 0. The van der Waals surface area contributed by atoms with E-state index in [0.29, 0.717) is 4.90 Å². The Morgan fingerprint density at radius 1 is 1.41 bits per heavy atom. The fraction of sp³-hybridized carbons (Fsp3) is 0.357. The summed E-state index contributed by atoms with van der Waals surface area (Å²) in [7, 11) is -2.77. The number of carbonyl (C=O) groups is 1. The lowest BCUT2D eigenvalue weighted by molar-refractivity contribution is 0.0600. The predicted octanol–water partition coefficient (Wildman–Crippen LogP) is 2.97. The molecule has 0 aliphatic heterocycles. The zero-order chi connectivity index (χ0) is 16.3. The molecule has 0 heterocycles. The Labute approximate surface area is 138 Å². The molecule has 0 fully saturated rings. The average molecular weight is 362 g/mol. The number of sulfonamides is 1. The van der Waals surface area contributed by atoms with E-state index in [2.05, 4.69) is 16.9 Å². The van der Waals surface area contributed by atoms with Crippen LogP contribution in [0.1, 0.15) is 29.6 Å². The number of hydrogen-bond acceptors (Lipinski definition) is 5. The number of nitrogens with two attached hydrogens (primary N) is 1. The second-order valence-corrected chi connectivity index (χ2v) is 8.12. The molecule has 0 spiro atoms. The molecule has 0 bridgehead atoms. The smallest absolute Gasteiger partial charge is 0.339 e. The summed E-state index contributed by atoms with van der Waals surface area (Å²) in [6.07, 6.45) is 6.93. The van der Waals surface area contributed by atoms with Gasteiger partial charge in [-0.15, -0.1) is 11.8 Å². The molecule has 5 nitrogen and oxygen atoms in total. The van der Waals surface area contributed by atoms with Gasteiger partial charge in [0.2, 0.25) is 10.0 Å². The number of thioether (sulfide) groups is 1. The van der Waals surface area contributed by atoms with Crippen LogP contribution in [0.3, 0.4) is 0 Å². The highest BCUT2D eigenvalue weighted by atomic mass is 35.5. The van der Waals surface area contributed by atoms with Gasteiger partial charge in [-0.05, 0) is 31.4 Å². The number of primary sulfonamides is 1. The number of halogens is 1. The lowest BCUT2D eigenvalue weighted by atomic mass is 10.1. The first-order chi connectivity index (χ1) is 10.3. The second kappa shape index (κ2) is 7.04. The van der Waals surface area contributed by atoms with Gasteiger partial charge in [-0.25, -0.2) is 18.4 Å². The maximum absolute atomic E-state index is 11.8. The molecule has 1 atom stereocenters. The number of hydrogen-bond donors (Lipinski definition) is 1. The highest BCUT2D eigenvalue weighted by Crippen LogP contribution is 2.37. The standard InChI is InChI=1S/C14H16ClNO4S2/c1-20-14(17)10-7-13(22(16,18)19)12(8-11(10)15)21-9-5-3-2-4-6-9/h2-3,7-9H,4-6H2,1H3,(H2,16,18,19)/t9-/m1/s1. The SMILES string of the molecule is COC(=O)c1cc(S(N)(=O)=O)c(S[C@@H]2CC=CCC2)cc1Cl. The van der Waals surface area contributed by atoms with Gasteiger partial charge in [0.05, 0.1) is 22.6 Å². The first-order valence-electron chi connectivity index (χ1n) is 6.59. The predicted molar refractivity (Wildman–Crippen MR) is 86.8 cm³/mol. The van der Waals surface area contributed by atoms with Gasteiger partial charge >= 0.3 is 5.97 Å². The van der Waals surface area contributed by atoms with E-state index < -0.39 is 16.0 Å². The molecule has 0 unspecified atom stereocenters. The third-order valence-electron chi connectivity index (χ3n) is 3.26. The summed E-state index contributed by atoms with van der Waals surface area (Å²) in [6, 6.07) is 2.65. The molecule has 0 radical (unpaired) electrons. The van der Waals surface area contributed by atoms with Crippen molar-refractivity contribution in [2.45, 2.75) is 34.3 Å². The number of rotatable bonds is 4. The molecule has 0 aromatic heterocycles. The molecule has 1 aromatic carbocycles. The van der Waals surface area contributed by atoms with E-state index in [-0.39, 0.29) is 20.7 Å². The Balaban J connectivity index is 2.45. The lowest BCUT2D eigenvalue weighted by Crippen LogP contribution is -2.16. The Morgan fingerprint density at radius 2 is 2.14 bits per heavy atom. The average Bonchev–Trinajstić information content (AvgIpc) is 2.46. The van der Waals surface area contributed by atoms with Crippen LogP contribution < -0.4 is 5.14 Å².